The third-order valence-corrected chi connectivity index (χ3v) is 7.79. The molecule has 7 heteroatoms. The Balaban J connectivity index is 1.66. The number of rotatable bonds is 7. The van der Waals surface area contributed by atoms with Gasteiger partial charge in [-0.15, -0.1) is 0 Å². The van der Waals surface area contributed by atoms with E-state index in [0.29, 0.717) is 18.0 Å². The van der Waals surface area contributed by atoms with Crippen molar-refractivity contribution in [3.8, 4) is 17.2 Å². The number of hydrogen-bond donors (Lipinski definition) is 0. The highest BCUT2D eigenvalue weighted by Crippen LogP contribution is 2.36. The second kappa shape index (κ2) is 8.20. The largest absolute Gasteiger partial charge is 0.493 e. The Labute approximate surface area is 184 Å². The molecule has 0 saturated heterocycles. The van der Waals surface area contributed by atoms with Gasteiger partial charge in [0.05, 0.1) is 19.1 Å². The molecule has 4 rings (SSSR count). The lowest BCUT2D eigenvalue weighted by atomic mass is 9.93. The summed E-state index contributed by atoms with van der Waals surface area (Å²) < 4.78 is 45.4. The first-order valence-electron chi connectivity index (χ1n) is 10.5. The maximum absolute atomic E-state index is 13.6. The Morgan fingerprint density at radius 3 is 2.45 bits per heavy atom. The lowest BCUT2D eigenvalue weighted by Crippen LogP contribution is -2.43. The monoisotopic (exact) mass is 443 g/mol. The highest BCUT2D eigenvalue weighted by Gasteiger charge is 2.35. The fourth-order valence-corrected chi connectivity index (χ4v) is 5.59. The van der Waals surface area contributed by atoms with E-state index in [-0.39, 0.29) is 16.5 Å². The average molecular weight is 444 g/mol. The SMILES string of the molecule is COc1ccc(S(=O)(=O)N(Cc2ccc3c(c2)C=CC(C)(C)O3)C2CCC2)cc1OC. The number of sulfonamides is 1. The highest BCUT2D eigenvalue weighted by molar-refractivity contribution is 7.89. The molecule has 0 amide bonds. The minimum Gasteiger partial charge on any atom is -0.493 e. The second-order valence-electron chi connectivity index (χ2n) is 8.56. The lowest BCUT2D eigenvalue weighted by Gasteiger charge is -2.37. The van der Waals surface area contributed by atoms with E-state index >= 15 is 0 Å². The molecule has 6 nitrogen and oxygen atoms in total. The van der Waals surface area contributed by atoms with Crippen molar-refractivity contribution in [3.63, 3.8) is 0 Å². The summed E-state index contributed by atoms with van der Waals surface area (Å²) in [7, 11) is -0.677. The van der Waals surface area contributed by atoms with Crippen LogP contribution in [-0.4, -0.2) is 38.6 Å². The minimum atomic E-state index is -3.71. The molecule has 1 fully saturated rings. The van der Waals surface area contributed by atoms with Crippen molar-refractivity contribution in [1.82, 2.24) is 4.31 Å². The Morgan fingerprint density at radius 2 is 1.81 bits per heavy atom. The van der Waals surface area contributed by atoms with Gasteiger partial charge in [-0.1, -0.05) is 18.6 Å². The fourth-order valence-electron chi connectivity index (χ4n) is 3.90. The van der Waals surface area contributed by atoms with Crippen molar-refractivity contribution in [3.05, 3.63) is 53.6 Å². The third kappa shape index (κ3) is 4.29. The third-order valence-electron chi connectivity index (χ3n) is 5.89. The molecule has 0 radical (unpaired) electrons. The zero-order chi connectivity index (χ0) is 22.2. The first-order valence-corrected chi connectivity index (χ1v) is 11.9. The van der Waals surface area contributed by atoms with Gasteiger partial charge in [0.2, 0.25) is 10.0 Å². The summed E-state index contributed by atoms with van der Waals surface area (Å²) in [6.45, 7) is 4.33. The Hall–Kier alpha value is -2.51. The van der Waals surface area contributed by atoms with Crippen molar-refractivity contribution >= 4 is 16.1 Å². The maximum Gasteiger partial charge on any atom is 0.243 e. The summed E-state index contributed by atoms with van der Waals surface area (Å²) in [6, 6.07) is 10.6. The zero-order valence-electron chi connectivity index (χ0n) is 18.4. The number of methoxy groups -OCH3 is 2. The maximum atomic E-state index is 13.6. The average Bonchev–Trinajstić information content (AvgIpc) is 2.71. The van der Waals surface area contributed by atoms with Gasteiger partial charge in [0.1, 0.15) is 11.4 Å². The molecular formula is C24H29NO5S. The van der Waals surface area contributed by atoms with E-state index in [1.54, 1.807) is 16.4 Å². The molecular weight excluding hydrogens is 414 g/mol. The van der Waals surface area contributed by atoms with Gasteiger partial charge in [0.15, 0.2) is 11.5 Å². The number of nitrogens with zero attached hydrogens (tertiary/aromatic N) is 1. The van der Waals surface area contributed by atoms with Crippen molar-refractivity contribution < 1.29 is 22.6 Å². The Morgan fingerprint density at radius 1 is 1.06 bits per heavy atom. The second-order valence-corrected chi connectivity index (χ2v) is 10.5. The van der Waals surface area contributed by atoms with E-state index in [0.717, 1.165) is 36.1 Å². The summed E-state index contributed by atoms with van der Waals surface area (Å²) >= 11 is 0. The predicted octanol–water partition coefficient (Wildman–Crippen LogP) is 4.63. The number of fused-ring (bicyclic) bond motifs is 1. The molecule has 2 aromatic rings. The fraction of sp³-hybridized carbons (Fsp3) is 0.417. The van der Waals surface area contributed by atoms with Gasteiger partial charge >= 0.3 is 0 Å². The molecule has 0 bridgehead atoms. The van der Waals surface area contributed by atoms with Crippen LogP contribution in [0.2, 0.25) is 0 Å². The summed E-state index contributed by atoms with van der Waals surface area (Å²) in [5, 5.41) is 0. The van der Waals surface area contributed by atoms with Gasteiger partial charge in [0.25, 0.3) is 0 Å². The molecule has 1 aliphatic carbocycles. The minimum absolute atomic E-state index is 0.000135. The molecule has 0 unspecified atom stereocenters. The molecule has 0 spiro atoms. The van der Waals surface area contributed by atoms with Crippen molar-refractivity contribution in [2.24, 2.45) is 0 Å². The van der Waals surface area contributed by atoms with Crippen molar-refractivity contribution in [1.29, 1.82) is 0 Å². The summed E-state index contributed by atoms with van der Waals surface area (Å²) in [4.78, 5) is 0.208. The van der Waals surface area contributed by atoms with Crippen LogP contribution in [0.3, 0.4) is 0 Å². The Bertz CT molecular complexity index is 1100. The van der Waals surface area contributed by atoms with Crippen LogP contribution in [0.5, 0.6) is 17.2 Å². The number of hydrogen-bond acceptors (Lipinski definition) is 5. The highest BCUT2D eigenvalue weighted by atomic mass is 32.2. The van der Waals surface area contributed by atoms with E-state index in [2.05, 4.69) is 0 Å². The van der Waals surface area contributed by atoms with E-state index in [9.17, 15) is 8.42 Å². The van der Waals surface area contributed by atoms with E-state index in [1.807, 2.05) is 44.2 Å². The van der Waals surface area contributed by atoms with E-state index < -0.39 is 10.0 Å². The van der Waals surface area contributed by atoms with Gasteiger partial charge in [-0.3, -0.25) is 0 Å². The topological polar surface area (TPSA) is 65.1 Å². The van der Waals surface area contributed by atoms with Crippen LogP contribution in [0.1, 0.15) is 44.2 Å². The Kier molecular flexibility index (Phi) is 5.75. The quantitative estimate of drug-likeness (QED) is 0.624. The van der Waals surface area contributed by atoms with Crippen LogP contribution in [0.4, 0.5) is 0 Å². The van der Waals surface area contributed by atoms with Gasteiger partial charge < -0.3 is 14.2 Å². The standard InChI is InChI=1S/C24H29NO5S/c1-24(2)13-12-18-14-17(8-10-21(18)30-24)16-25(19-6-5-7-19)31(26,27)20-9-11-22(28-3)23(15-20)29-4/h8-15,19H,5-7,16H2,1-4H3. The smallest absolute Gasteiger partial charge is 0.243 e. The van der Waals surface area contributed by atoms with Crippen LogP contribution in [0, 0.1) is 0 Å². The molecule has 0 N–H and O–H groups in total. The molecule has 2 aliphatic rings. The van der Waals surface area contributed by atoms with Gasteiger partial charge in [-0.2, -0.15) is 4.31 Å². The summed E-state index contributed by atoms with van der Waals surface area (Å²) in [5.41, 5.74) is 1.56. The normalized spacial score (nSPS) is 17.6. The molecule has 1 heterocycles. The van der Waals surface area contributed by atoms with E-state index in [1.165, 1.54) is 20.3 Å². The molecule has 0 aromatic heterocycles. The molecule has 1 aliphatic heterocycles. The summed E-state index contributed by atoms with van der Waals surface area (Å²) in [5.74, 6) is 1.71. The van der Waals surface area contributed by atoms with E-state index in [4.69, 9.17) is 14.2 Å². The molecule has 2 aromatic carbocycles. The summed E-state index contributed by atoms with van der Waals surface area (Å²) in [6.07, 6.45) is 6.84. The first kappa shape index (κ1) is 21.7. The van der Waals surface area contributed by atoms with Crippen LogP contribution < -0.4 is 14.2 Å². The van der Waals surface area contributed by atoms with Crippen LogP contribution in [-0.2, 0) is 16.6 Å². The van der Waals surface area contributed by atoms with Crippen LogP contribution in [0.25, 0.3) is 6.08 Å². The van der Waals surface area contributed by atoms with Crippen molar-refractivity contribution in [2.75, 3.05) is 14.2 Å². The molecule has 1 saturated carbocycles. The number of benzene rings is 2. The van der Waals surface area contributed by atoms with Gasteiger partial charge in [-0.25, -0.2) is 8.42 Å². The van der Waals surface area contributed by atoms with Crippen molar-refractivity contribution in [2.45, 2.75) is 56.2 Å². The zero-order valence-corrected chi connectivity index (χ0v) is 19.2. The first-order chi connectivity index (χ1) is 14.7. The van der Waals surface area contributed by atoms with Crippen LogP contribution in [0.15, 0.2) is 47.4 Å². The molecule has 31 heavy (non-hydrogen) atoms. The van der Waals surface area contributed by atoms with Gasteiger partial charge in [0, 0.05) is 24.2 Å². The number of ether oxygens (including phenoxy) is 3. The molecule has 166 valence electrons. The lowest BCUT2D eigenvalue weighted by molar-refractivity contribution is 0.159. The van der Waals surface area contributed by atoms with Gasteiger partial charge in [-0.05, 0) is 62.6 Å². The predicted molar refractivity (Wildman–Crippen MR) is 120 cm³/mol. The van der Waals surface area contributed by atoms with Crippen LogP contribution >= 0.6 is 0 Å². The molecule has 0 atom stereocenters.